The van der Waals surface area contributed by atoms with Gasteiger partial charge in [0.05, 0.1) is 0 Å². The molecule has 0 heterocycles. The summed E-state index contributed by atoms with van der Waals surface area (Å²) in [5, 5.41) is 5.30. The topological polar surface area (TPSA) is 84.2 Å². The number of urea groups is 1. The molecule has 0 unspecified atom stereocenters. The summed E-state index contributed by atoms with van der Waals surface area (Å²) in [6.45, 7) is 0.574. The zero-order valence-corrected chi connectivity index (χ0v) is 11.5. The van der Waals surface area contributed by atoms with E-state index in [0.717, 1.165) is 6.42 Å². The van der Waals surface area contributed by atoms with Crippen LogP contribution < -0.4 is 16.4 Å². The summed E-state index contributed by atoms with van der Waals surface area (Å²) in [6.07, 6.45) is 0.786. The largest absolute Gasteiger partial charge is 0.352 e. The normalized spacial score (nSPS) is 9.90. The fourth-order valence-electron chi connectivity index (χ4n) is 1.91. The maximum absolute atomic E-state index is 11.9. The standard InChI is InChI=1S/C16H17N3O2/c17-16(21)19-14-8-6-13(7-9-14)15(20)18-11-10-12-4-2-1-3-5-12/h1-9H,10-11H2,(H,18,20)(H3,17,19,21). The molecule has 4 N–H and O–H groups in total. The summed E-state index contributed by atoms with van der Waals surface area (Å²) < 4.78 is 0. The third kappa shape index (κ3) is 4.65. The number of anilines is 1. The van der Waals surface area contributed by atoms with Crippen molar-refractivity contribution in [1.29, 1.82) is 0 Å². The molecule has 5 heteroatoms. The van der Waals surface area contributed by atoms with Gasteiger partial charge in [-0.3, -0.25) is 4.79 Å². The van der Waals surface area contributed by atoms with Crippen molar-refractivity contribution in [3.05, 3.63) is 65.7 Å². The molecule has 0 atom stereocenters. The molecule has 2 aromatic rings. The van der Waals surface area contributed by atoms with Crippen LogP contribution in [-0.2, 0) is 6.42 Å². The third-order valence-electron chi connectivity index (χ3n) is 2.96. The maximum atomic E-state index is 11.9. The second-order valence-electron chi connectivity index (χ2n) is 4.56. The Morgan fingerprint density at radius 2 is 1.62 bits per heavy atom. The van der Waals surface area contributed by atoms with Crippen molar-refractivity contribution < 1.29 is 9.59 Å². The highest BCUT2D eigenvalue weighted by Gasteiger charge is 2.05. The van der Waals surface area contributed by atoms with Gasteiger partial charge in [0.2, 0.25) is 0 Å². The minimum atomic E-state index is -0.630. The minimum Gasteiger partial charge on any atom is -0.352 e. The lowest BCUT2D eigenvalue weighted by molar-refractivity contribution is 0.0954. The van der Waals surface area contributed by atoms with Gasteiger partial charge in [-0.15, -0.1) is 0 Å². The van der Waals surface area contributed by atoms with Gasteiger partial charge in [-0.25, -0.2) is 4.79 Å². The first-order chi connectivity index (χ1) is 10.1. The number of carbonyl (C=O) groups is 2. The van der Waals surface area contributed by atoms with Gasteiger partial charge in [0, 0.05) is 17.8 Å². The molecular weight excluding hydrogens is 266 g/mol. The average molecular weight is 283 g/mol. The van der Waals surface area contributed by atoms with Crippen LogP contribution in [0.4, 0.5) is 10.5 Å². The number of nitrogens with one attached hydrogen (secondary N) is 2. The van der Waals surface area contributed by atoms with E-state index in [2.05, 4.69) is 10.6 Å². The molecule has 0 saturated heterocycles. The van der Waals surface area contributed by atoms with Gasteiger partial charge in [-0.05, 0) is 36.2 Å². The van der Waals surface area contributed by atoms with Crippen LogP contribution in [0.1, 0.15) is 15.9 Å². The van der Waals surface area contributed by atoms with E-state index in [4.69, 9.17) is 5.73 Å². The van der Waals surface area contributed by atoms with Crippen molar-refractivity contribution >= 4 is 17.6 Å². The number of hydrogen-bond donors (Lipinski definition) is 3. The number of hydrogen-bond acceptors (Lipinski definition) is 2. The predicted octanol–water partition coefficient (Wildman–Crippen LogP) is 2.15. The minimum absolute atomic E-state index is 0.142. The lowest BCUT2D eigenvalue weighted by atomic mass is 10.1. The van der Waals surface area contributed by atoms with Crippen LogP contribution in [0.15, 0.2) is 54.6 Å². The van der Waals surface area contributed by atoms with Crippen molar-refractivity contribution in [1.82, 2.24) is 5.32 Å². The molecule has 0 spiro atoms. The highest BCUT2D eigenvalue weighted by atomic mass is 16.2. The Morgan fingerprint density at radius 1 is 0.952 bits per heavy atom. The first-order valence-electron chi connectivity index (χ1n) is 6.64. The Hall–Kier alpha value is -2.82. The van der Waals surface area contributed by atoms with Gasteiger partial charge in [0.25, 0.3) is 5.91 Å². The highest BCUT2D eigenvalue weighted by Crippen LogP contribution is 2.09. The number of primary amides is 1. The summed E-state index contributed by atoms with van der Waals surface area (Å²) in [5.41, 5.74) is 7.29. The second-order valence-corrected chi connectivity index (χ2v) is 4.56. The summed E-state index contributed by atoms with van der Waals surface area (Å²) in [7, 11) is 0. The quantitative estimate of drug-likeness (QED) is 0.785. The number of amides is 3. The highest BCUT2D eigenvalue weighted by molar-refractivity contribution is 5.95. The van der Waals surface area contributed by atoms with E-state index >= 15 is 0 Å². The van der Waals surface area contributed by atoms with Gasteiger partial charge in [0.15, 0.2) is 0 Å². The second kappa shape index (κ2) is 7.09. The fraction of sp³-hybridized carbons (Fsp3) is 0.125. The summed E-state index contributed by atoms with van der Waals surface area (Å²) in [6, 6.07) is 15.9. The average Bonchev–Trinajstić information content (AvgIpc) is 2.48. The summed E-state index contributed by atoms with van der Waals surface area (Å²) in [5.74, 6) is -0.142. The van der Waals surface area contributed by atoms with Crippen molar-refractivity contribution in [2.75, 3.05) is 11.9 Å². The molecule has 2 aromatic carbocycles. The number of benzene rings is 2. The molecule has 2 rings (SSSR count). The fourth-order valence-corrected chi connectivity index (χ4v) is 1.91. The van der Waals surface area contributed by atoms with E-state index in [1.54, 1.807) is 24.3 Å². The molecule has 21 heavy (non-hydrogen) atoms. The van der Waals surface area contributed by atoms with E-state index < -0.39 is 6.03 Å². The predicted molar refractivity (Wildman–Crippen MR) is 82.1 cm³/mol. The number of rotatable bonds is 5. The van der Waals surface area contributed by atoms with Crippen LogP contribution in [-0.4, -0.2) is 18.5 Å². The van der Waals surface area contributed by atoms with Gasteiger partial charge in [-0.2, -0.15) is 0 Å². The molecule has 0 aliphatic carbocycles. The molecule has 108 valence electrons. The molecular formula is C16H17N3O2. The zero-order chi connectivity index (χ0) is 15.1. The molecule has 0 bridgehead atoms. The van der Waals surface area contributed by atoms with Crippen molar-refractivity contribution in [3.63, 3.8) is 0 Å². The van der Waals surface area contributed by atoms with Crippen molar-refractivity contribution in [3.8, 4) is 0 Å². The Morgan fingerprint density at radius 3 is 2.24 bits per heavy atom. The van der Waals surface area contributed by atoms with E-state index in [0.29, 0.717) is 17.8 Å². The van der Waals surface area contributed by atoms with Crippen LogP contribution in [0.3, 0.4) is 0 Å². The Labute approximate surface area is 123 Å². The maximum Gasteiger partial charge on any atom is 0.316 e. The van der Waals surface area contributed by atoms with Crippen molar-refractivity contribution in [2.24, 2.45) is 5.73 Å². The lowest BCUT2D eigenvalue weighted by Crippen LogP contribution is -2.25. The first kappa shape index (κ1) is 14.6. The molecule has 3 amide bonds. The smallest absolute Gasteiger partial charge is 0.316 e. The SMILES string of the molecule is NC(=O)Nc1ccc(C(=O)NCCc2ccccc2)cc1. The van der Waals surface area contributed by atoms with E-state index in [1.165, 1.54) is 5.56 Å². The molecule has 0 aliphatic heterocycles. The Kier molecular flexibility index (Phi) is 4.93. The van der Waals surface area contributed by atoms with Crippen LogP contribution in [0, 0.1) is 0 Å². The zero-order valence-electron chi connectivity index (χ0n) is 11.5. The monoisotopic (exact) mass is 283 g/mol. The Balaban J connectivity index is 1.84. The van der Waals surface area contributed by atoms with E-state index in [1.807, 2.05) is 30.3 Å². The molecule has 5 nitrogen and oxygen atoms in total. The van der Waals surface area contributed by atoms with Gasteiger partial charge < -0.3 is 16.4 Å². The molecule has 0 aliphatic rings. The molecule has 0 saturated carbocycles. The number of nitrogens with two attached hydrogens (primary N) is 1. The lowest BCUT2D eigenvalue weighted by Gasteiger charge is -2.06. The number of carbonyl (C=O) groups excluding carboxylic acids is 2. The van der Waals surface area contributed by atoms with Gasteiger partial charge in [0.1, 0.15) is 0 Å². The van der Waals surface area contributed by atoms with Gasteiger partial charge >= 0.3 is 6.03 Å². The molecule has 0 radical (unpaired) electrons. The van der Waals surface area contributed by atoms with Crippen LogP contribution in [0.5, 0.6) is 0 Å². The molecule has 0 aromatic heterocycles. The summed E-state index contributed by atoms with van der Waals surface area (Å²) >= 11 is 0. The van der Waals surface area contributed by atoms with Crippen LogP contribution in [0.2, 0.25) is 0 Å². The van der Waals surface area contributed by atoms with Crippen molar-refractivity contribution in [2.45, 2.75) is 6.42 Å². The van der Waals surface area contributed by atoms with Gasteiger partial charge in [-0.1, -0.05) is 30.3 Å². The van der Waals surface area contributed by atoms with E-state index in [-0.39, 0.29) is 5.91 Å². The first-order valence-corrected chi connectivity index (χ1v) is 6.64. The molecule has 0 fully saturated rings. The Bertz CT molecular complexity index is 609. The van der Waals surface area contributed by atoms with Crippen LogP contribution >= 0.6 is 0 Å². The van der Waals surface area contributed by atoms with Crippen LogP contribution in [0.25, 0.3) is 0 Å². The third-order valence-corrected chi connectivity index (χ3v) is 2.96. The summed E-state index contributed by atoms with van der Waals surface area (Å²) in [4.78, 5) is 22.6. The van der Waals surface area contributed by atoms with E-state index in [9.17, 15) is 9.59 Å².